The molecule has 0 radical (unpaired) electrons. The van der Waals surface area contributed by atoms with Gasteiger partial charge in [0.1, 0.15) is 17.0 Å². The molecule has 0 spiro atoms. The smallest absolute Gasteiger partial charge is 0.243 e. The number of sulfonamides is 1. The minimum Gasteiger partial charge on any atom is -0.321 e. The minimum atomic E-state index is -3.54. The second-order valence-corrected chi connectivity index (χ2v) is 6.32. The summed E-state index contributed by atoms with van der Waals surface area (Å²) in [5.74, 6) is 0.724. The lowest BCUT2D eigenvalue weighted by Crippen LogP contribution is -2.26. The first-order valence-corrected chi connectivity index (χ1v) is 8.01. The van der Waals surface area contributed by atoms with E-state index in [4.69, 9.17) is 0 Å². The first-order chi connectivity index (χ1) is 10.0. The van der Waals surface area contributed by atoms with E-state index in [2.05, 4.69) is 25.3 Å². The summed E-state index contributed by atoms with van der Waals surface area (Å²) in [5.41, 5.74) is 0. The molecule has 0 unspecified atom stereocenters. The molecular weight excluding hydrogens is 294 g/mol. The van der Waals surface area contributed by atoms with Crippen molar-refractivity contribution in [2.45, 2.75) is 17.9 Å². The molecule has 10 heteroatoms. The van der Waals surface area contributed by atoms with Gasteiger partial charge in [-0.25, -0.2) is 13.1 Å². The number of hydrogen-bond acceptors (Lipinski definition) is 6. The van der Waals surface area contributed by atoms with E-state index in [1.54, 1.807) is 15.6 Å². The normalized spacial score (nSPS) is 11.9. The molecule has 0 bridgehead atoms. The van der Waals surface area contributed by atoms with Crippen molar-refractivity contribution in [3.05, 3.63) is 24.5 Å². The van der Waals surface area contributed by atoms with Crippen molar-refractivity contribution >= 4 is 10.0 Å². The number of rotatable bonds is 8. The second kappa shape index (κ2) is 6.78. The number of likely N-dealkylation sites (N-methyl/N-ethyl adjacent to an activating group) is 1. The third-order valence-electron chi connectivity index (χ3n) is 2.96. The predicted molar refractivity (Wildman–Crippen MR) is 76.0 cm³/mol. The first-order valence-electron chi connectivity index (χ1n) is 6.52. The predicted octanol–water partition coefficient (Wildman–Crippen LogP) is -1.25. The van der Waals surface area contributed by atoms with Crippen LogP contribution in [-0.4, -0.2) is 53.1 Å². The van der Waals surface area contributed by atoms with Crippen molar-refractivity contribution < 1.29 is 8.42 Å². The maximum atomic E-state index is 12.1. The van der Waals surface area contributed by atoms with E-state index < -0.39 is 10.0 Å². The van der Waals surface area contributed by atoms with Crippen LogP contribution in [-0.2, 0) is 30.0 Å². The van der Waals surface area contributed by atoms with Gasteiger partial charge in [-0.05, 0) is 7.05 Å². The minimum absolute atomic E-state index is 0.163. The van der Waals surface area contributed by atoms with Crippen LogP contribution in [0.2, 0.25) is 0 Å². The molecular formula is C11H19N7O2S. The Hall–Kier alpha value is -1.78. The molecule has 0 aliphatic rings. The fraction of sp³-hybridized carbons (Fsp3) is 0.545. The van der Waals surface area contributed by atoms with Crippen LogP contribution < -0.4 is 10.0 Å². The quantitative estimate of drug-likeness (QED) is 0.631. The van der Waals surface area contributed by atoms with E-state index in [1.807, 2.05) is 14.1 Å². The van der Waals surface area contributed by atoms with Crippen LogP contribution in [0.1, 0.15) is 5.82 Å². The molecule has 0 aromatic carbocycles. The average molecular weight is 313 g/mol. The number of nitrogens with one attached hydrogen (secondary N) is 2. The molecule has 2 aromatic rings. The Morgan fingerprint density at radius 3 is 2.81 bits per heavy atom. The molecule has 2 rings (SSSR count). The molecule has 2 N–H and O–H groups in total. The van der Waals surface area contributed by atoms with Crippen LogP contribution in [0.25, 0.3) is 0 Å². The molecule has 0 aliphatic heterocycles. The largest absolute Gasteiger partial charge is 0.321 e. The number of nitrogens with zero attached hydrogens (tertiary/aromatic N) is 5. The van der Waals surface area contributed by atoms with E-state index in [0.717, 1.165) is 12.4 Å². The summed E-state index contributed by atoms with van der Waals surface area (Å²) in [6, 6.07) is 0. The van der Waals surface area contributed by atoms with Crippen LogP contribution in [0.15, 0.2) is 23.6 Å². The van der Waals surface area contributed by atoms with Crippen molar-refractivity contribution in [3.8, 4) is 0 Å². The molecule has 9 nitrogen and oxygen atoms in total. The zero-order chi connectivity index (χ0) is 15.3. The van der Waals surface area contributed by atoms with Gasteiger partial charge in [-0.3, -0.25) is 4.68 Å². The fourth-order valence-electron chi connectivity index (χ4n) is 1.75. The van der Waals surface area contributed by atoms with Crippen LogP contribution >= 0.6 is 0 Å². The van der Waals surface area contributed by atoms with Crippen LogP contribution in [0.5, 0.6) is 0 Å². The van der Waals surface area contributed by atoms with Gasteiger partial charge in [0.15, 0.2) is 0 Å². The fourth-order valence-corrected chi connectivity index (χ4v) is 2.73. The van der Waals surface area contributed by atoms with E-state index in [1.165, 1.54) is 12.4 Å². The van der Waals surface area contributed by atoms with E-state index >= 15 is 0 Å². The Kier molecular flexibility index (Phi) is 5.04. The van der Waals surface area contributed by atoms with Gasteiger partial charge in [-0.1, -0.05) is 0 Å². The summed E-state index contributed by atoms with van der Waals surface area (Å²) >= 11 is 0. The van der Waals surface area contributed by atoms with Crippen molar-refractivity contribution in [3.63, 3.8) is 0 Å². The van der Waals surface area contributed by atoms with Crippen molar-refractivity contribution in [1.82, 2.24) is 34.6 Å². The van der Waals surface area contributed by atoms with Crippen LogP contribution in [0.4, 0.5) is 0 Å². The first kappa shape index (κ1) is 15.6. The van der Waals surface area contributed by atoms with Gasteiger partial charge in [0, 0.05) is 32.8 Å². The Labute approximate surface area is 123 Å². The molecule has 0 saturated heterocycles. The molecule has 116 valence electrons. The Morgan fingerprint density at radius 2 is 2.14 bits per heavy atom. The summed E-state index contributed by atoms with van der Waals surface area (Å²) in [5, 5.41) is 14.6. The lowest BCUT2D eigenvalue weighted by atomic mass is 10.4. The Balaban J connectivity index is 1.92. The Morgan fingerprint density at radius 1 is 1.33 bits per heavy atom. The monoisotopic (exact) mass is 313 g/mol. The van der Waals surface area contributed by atoms with Gasteiger partial charge in [-0.15, -0.1) is 10.2 Å². The van der Waals surface area contributed by atoms with Crippen LogP contribution in [0.3, 0.4) is 0 Å². The van der Waals surface area contributed by atoms with Crippen molar-refractivity contribution in [1.29, 1.82) is 0 Å². The highest BCUT2D eigenvalue weighted by Gasteiger charge is 2.16. The lowest BCUT2D eigenvalue weighted by molar-refractivity contribution is 0.575. The molecule has 21 heavy (non-hydrogen) atoms. The maximum Gasteiger partial charge on any atom is 0.243 e. The molecule has 0 amide bonds. The molecule has 0 fully saturated rings. The zero-order valence-electron chi connectivity index (χ0n) is 12.0. The molecule has 2 aromatic heterocycles. The summed E-state index contributed by atoms with van der Waals surface area (Å²) in [6.45, 7) is 1.60. The molecule has 2 heterocycles. The summed E-state index contributed by atoms with van der Waals surface area (Å²) < 4.78 is 30.1. The van der Waals surface area contributed by atoms with Gasteiger partial charge in [0.25, 0.3) is 0 Å². The van der Waals surface area contributed by atoms with E-state index in [0.29, 0.717) is 13.0 Å². The third-order valence-corrected chi connectivity index (χ3v) is 4.37. The molecule has 0 aliphatic carbocycles. The van der Waals surface area contributed by atoms with Gasteiger partial charge in [0.2, 0.25) is 10.0 Å². The zero-order valence-corrected chi connectivity index (χ0v) is 12.8. The van der Waals surface area contributed by atoms with Gasteiger partial charge >= 0.3 is 0 Å². The third kappa shape index (κ3) is 4.09. The van der Waals surface area contributed by atoms with Crippen LogP contribution in [0, 0.1) is 0 Å². The van der Waals surface area contributed by atoms with Gasteiger partial charge in [-0.2, -0.15) is 5.10 Å². The topological polar surface area (TPSA) is 107 Å². The number of hydrogen-bond donors (Lipinski definition) is 2. The Bertz CT molecular complexity index is 676. The highest BCUT2D eigenvalue weighted by atomic mass is 32.2. The maximum absolute atomic E-state index is 12.1. The summed E-state index contributed by atoms with van der Waals surface area (Å²) in [6.07, 6.45) is 4.92. The average Bonchev–Trinajstić information content (AvgIpc) is 3.06. The van der Waals surface area contributed by atoms with Gasteiger partial charge in [0.05, 0.1) is 12.7 Å². The number of aromatic nitrogens is 5. The highest BCUT2D eigenvalue weighted by Crippen LogP contribution is 2.06. The molecule has 0 saturated carbocycles. The van der Waals surface area contributed by atoms with Crippen molar-refractivity contribution in [2.75, 3.05) is 20.1 Å². The van der Waals surface area contributed by atoms with Gasteiger partial charge < -0.3 is 9.88 Å². The van der Waals surface area contributed by atoms with E-state index in [-0.39, 0.29) is 11.4 Å². The summed E-state index contributed by atoms with van der Waals surface area (Å²) in [7, 11) is 0.102. The molecule has 0 atom stereocenters. The number of aryl methyl sites for hydroxylation is 1. The van der Waals surface area contributed by atoms with E-state index in [9.17, 15) is 8.42 Å². The highest BCUT2D eigenvalue weighted by molar-refractivity contribution is 7.89. The lowest BCUT2D eigenvalue weighted by Gasteiger charge is -2.04. The van der Waals surface area contributed by atoms with Crippen molar-refractivity contribution in [2.24, 2.45) is 7.05 Å². The summed E-state index contributed by atoms with van der Waals surface area (Å²) in [4.78, 5) is 0.163. The standard InChI is InChI=1S/C11H19N7O2S/c1-12-5-6-18-8-10(7-14-18)21(19,20)15-4-3-11-16-13-9-17(11)2/h7-9,12,15H,3-6H2,1-2H3. The SMILES string of the molecule is CNCCn1cc(S(=O)(=O)NCCc2nncn2C)cn1. The second-order valence-electron chi connectivity index (χ2n) is 4.55.